The van der Waals surface area contributed by atoms with Gasteiger partial charge >= 0.3 is 0 Å². The molecule has 1 atom stereocenters. The largest absolute Gasteiger partial charge is 0.355 e. The molecular formula is C16H23FN4O2. The zero-order chi connectivity index (χ0) is 16.7. The molecule has 1 aromatic carbocycles. The van der Waals surface area contributed by atoms with E-state index >= 15 is 0 Å². The quantitative estimate of drug-likeness (QED) is 0.714. The van der Waals surface area contributed by atoms with E-state index < -0.39 is 5.82 Å². The number of nitrogens with one attached hydrogen (secondary N) is 2. The normalized spacial score (nSPS) is 18.4. The Morgan fingerprint density at radius 2 is 2.22 bits per heavy atom. The molecule has 2 rings (SSSR count). The van der Waals surface area contributed by atoms with Crippen molar-refractivity contribution in [3.63, 3.8) is 0 Å². The number of likely N-dealkylation sites (tertiary alicyclic amines) is 1. The lowest BCUT2D eigenvalue weighted by Gasteiger charge is -2.31. The molecular weight excluding hydrogens is 299 g/mol. The van der Waals surface area contributed by atoms with Crippen LogP contribution in [0.15, 0.2) is 24.3 Å². The van der Waals surface area contributed by atoms with Gasteiger partial charge < -0.3 is 16.4 Å². The van der Waals surface area contributed by atoms with Crippen molar-refractivity contribution < 1.29 is 14.0 Å². The Hall–Kier alpha value is -1.99. The maximum Gasteiger partial charge on any atom is 0.238 e. The minimum Gasteiger partial charge on any atom is -0.355 e. The molecule has 6 nitrogen and oxygen atoms in total. The molecule has 1 saturated heterocycles. The molecule has 0 saturated carbocycles. The molecule has 1 unspecified atom stereocenters. The number of anilines is 1. The second-order valence-corrected chi connectivity index (χ2v) is 5.71. The van der Waals surface area contributed by atoms with Crippen LogP contribution in [-0.4, -0.2) is 49.4 Å². The molecule has 1 heterocycles. The summed E-state index contributed by atoms with van der Waals surface area (Å²) in [5, 5.41) is 5.46. The standard InChI is InChI=1S/C16H23FN4O2/c17-13-4-1-5-14(9-13)20-15(22)11-21-8-2-3-12(10-21)16(23)19-7-6-18/h1,4-5,9,12H,2-3,6-8,10-11,18H2,(H,19,23)(H,20,22). The highest BCUT2D eigenvalue weighted by Gasteiger charge is 2.26. The Labute approximate surface area is 135 Å². The Kier molecular flexibility index (Phi) is 6.49. The van der Waals surface area contributed by atoms with Crippen LogP contribution < -0.4 is 16.4 Å². The summed E-state index contributed by atoms with van der Waals surface area (Å²) in [6, 6.07) is 5.78. The van der Waals surface area contributed by atoms with Crippen LogP contribution in [0.4, 0.5) is 10.1 Å². The molecule has 0 bridgehead atoms. The first-order valence-electron chi connectivity index (χ1n) is 7.84. The average molecular weight is 322 g/mol. The molecule has 1 aliphatic rings. The van der Waals surface area contributed by atoms with Gasteiger partial charge in [-0.25, -0.2) is 4.39 Å². The Balaban J connectivity index is 1.82. The summed E-state index contributed by atoms with van der Waals surface area (Å²) < 4.78 is 13.1. The van der Waals surface area contributed by atoms with Crippen LogP contribution in [0.2, 0.25) is 0 Å². The van der Waals surface area contributed by atoms with Crippen molar-refractivity contribution in [3.8, 4) is 0 Å². The lowest BCUT2D eigenvalue weighted by molar-refractivity contribution is -0.127. The monoisotopic (exact) mass is 322 g/mol. The molecule has 7 heteroatoms. The fraction of sp³-hybridized carbons (Fsp3) is 0.500. The lowest BCUT2D eigenvalue weighted by Crippen LogP contribution is -2.46. The maximum atomic E-state index is 13.1. The van der Waals surface area contributed by atoms with Crippen LogP contribution in [0.25, 0.3) is 0 Å². The van der Waals surface area contributed by atoms with Gasteiger partial charge in [0.05, 0.1) is 12.5 Å². The molecule has 1 fully saturated rings. The van der Waals surface area contributed by atoms with E-state index in [1.807, 2.05) is 4.90 Å². The molecule has 0 radical (unpaired) electrons. The van der Waals surface area contributed by atoms with Crippen LogP contribution in [-0.2, 0) is 9.59 Å². The van der Waals surface area contributed by atoms with Gasteiger partial charge in [0.2, 0.25) is 11.8 Å². The molecule has 23 heavy (non-hydrogen) atoms. The van der Waals surface area contributed by atoms with Gasteiger partial charge in [0.25, 0.3) is 0 Å². The van der Waals surface area contributed by atoms with Gasteiger partial charge in [-0.3, -0.25) is 14.5 Å². The van der Waals surface area contributed by atoms with E-state index in [1.165, 1.54) is 12.1 Å². The van der Waals surface area contributed by atoms with Gasteiger partial charge in [0.15, 0.2) is 0 Å². The van der Waals surface area contributed by atoms with E-state index in [4.69, 9.17) is 5.73 Å². The van der Waals surface area contributed by atoms with E-state index in [9.17, 15) is 14.0 Å². The van der Waals surface area contributed by atoms with Crippen molar-refractivity contribution in [1.82, 2.24) is 10.2 Å². The summed E-state index contributed by atoms with van der Waals surface area (Å²) in [5.74, 6) is -0.723. The minimum atomic E-state index is -0.391. The van der Waals surface area contributed by atoms with Gasteiger partial charge in [-0.2, -0.15) is 0 Å². The zero-order valence-corrected chi connectivity index (χ0v) is 13.1. The highest BCUT2D eigenvalue weighted by molar-refractivity contribution is 5.92. The minimum absolute atomic E-state index is 0.00862. The first kappa shape index (κ1) is 17.4. The van der Waals surface area contributed by atoms with Crippen LogP contribution in [0.5, 0.6) is 0 Å². The third-order valence-corrected chi connectivity index (χ3v) is 3.80. The molecule has 1 aromatic rings. The van der Waals surface area contributed by atoms with Gasteiger partial charge in [0, 0.05) is 25.3 Å². The first-order valence-corrected chi connectivity index (χ1v) is 7.84. The second-order valence-electron chi connectivity index (χ2n) is 5.71. The predicted molar refractivity (Wildman–Crippen MR) is 86.3 cm³/mol. The number of nitrogens with zero attached hydrogens (tertiary/aromatic N) is 1. The van der Waals surface area contributed by atoms with E-state index in [1.54, 1.807) is 12.1 Å². The number of halogens is 1. The van der Waals surface area contributed by atoms with E-state index in [2.05, 4.69) is 10.6 Å². The lowest BCUT2D eigenvalue weighted by atomic mass is 9.97. The van der Waals surface area contributed by atoms with E-state index in [-0.39, 0.29) is 24.3 Å². The number of hydrogen-bond acceptors (Lipinski definition) is 4. The first-order chi connectivity index (χ1) is 11.1. The Bertz CT molecular complexity index is 553. The smallest absolute Gasteiger partial charge is 0.238 e. The fourth-order valence-electron chi connectivity index (χ4n) is 2.72. The molecule has 0 aliphatic carbocycles. The molecule has 1 aliphatic heterocycles. The number of piperidine rings is 1. The van der Waals surface area contributed by atoms with E-state index in [0.717, 1.165) is 19.4 Å². The SMILES string of the molecule is NCCNC(=O)C1CCCN(CC(=O)Nc2cccc(F)c2)C1. The Morgan fingerprint density at radius 1 is 1.39 bits per heavy atom. The van der Waals surface area contributed by atoms with Gasteiger partial charge in [-0.05, 0) is 37.6 Å². The highest BCUT2D eigenvalue weighted by Crippen LogP contribution is 2.17. The second kappa shape index (κ2) is 8.59. The highest BCUT2D eigenvalue weighted by atomic mass is 19.1. The zero-order valence-electron chi connectivity index (χ0n) is 13.1. The number of hydrogen-bond donors (Lipinski definition) is 3. The van der Waals surface area contributed by atoms with Gasteiger partial charge in [-0.15, -0.1) is 0 Å². The van der Waals surface area contributed by atoms with Crippen molar-refractivity contribution in [2.45, 2.75) is 12.8 Å². The summed E-state index contributed by atoms with van der Waals surface area (Å²) in [5.41, 5.74) is 5.81. The Morgan fingerprint density at radius 3 is 2.96 bits per heavy atom. The topological polar surface area (TPSA) is 87.5 Å². The van der Waals surface area contributed by atoms with Crippen molar-refractivity contribution in [2.24, 2.45) is 11.7 Å². The molecule has 0 spiro atoms. The van der Waals surface area contributed by atoms with Gasteiger partial charge in [0.1, 0.15) is 5.82 Å². The van der Waals surface area contributed by atoms with Crippen molar-refractivity contribution in [1.29, 1.82) is 0 Å². The van der Waals surface area contributed by atoms with Crippen LogP contribution >= 0.6 is 0 Å². The van der Waals surface area contributed by atoms with Crippen LogP contribution in [0.1, 0.15) is 12.8 Å². The third kappa shape index (κ3) is 5.61. The van der Waals surface area contributed by atoms with Gasteiger partial charge in [-0.1, -0.05) is 6.07 Å². The summed E-state index contributed by atoms with van der Waals surface area (Å²) in [6.07, 6.45) is 1.69. The molecule has 126 valence electrons. The number of amides is 2. The number of benzene rings is 1. The number of rotatable bonds is 6. The summed E-state index contributed by atoms with van der Waals surface area (Å²) in [6.45, 7) is 2.40. The van der Waals surface area contributed by atoms with E-state index in [0.29, 0.717) is 25.3 Å². The fourth-order valence-corrected chi connectivity index (χ4v) is 2.72. The third-order valence-electron chi connectivity index (χ3n) is 3.80. The maximum absolute atomic E-state index is 13.1. The predicted octanol–water partition coefficient (Wildman–Crippen LogP) is 0.551. The molecule has 0 aromatic heterocycles. The number of carbonyl (C=O) groups excluding carboxylic acids is 2. The van der Waals surface area contributed by atoms with Crippen molar-refractivity contribution >= 4 is 17.5 Å². The van der Waals surface area contributed by atoms with Crippen molar-refractivity contribution in [3.05, 3.63) is 30.1 Å². The number of carbonyl (C=O) groups is 2. The van der Waals surface area contributed by atoms with Crippen LogP contribution in [0, 0.1) is 11.7 Å². The molecule has 2 amide bonds. The average Bonchev–Trinajstić information content (AvgIpc) is 2.52. The summed E-state index contributed by atoms with van der Waals surface area (Å²) >= 11 is 0. The van der Waals surface area contributed by atoms with Crippen LogP contribution in [0.3, 0.4) is 0 Å². The van der Waals surface area contributed by atoms with Crippen molar-refractivity contribution in [2.75, 3.05) is 38.0 Å². The molecule has 4 N–H and O–H groups in total. The number of nitrogens with two attached hydrogens (primary N) is 1. The summed E-state index contributed by atoms with van der Waals surface area (Å²) in [4.78, 5) is 26.0. The summed E-state index contributed by atoms with van der Waals surface area (Å²) in [7, 11) is 0.